The lowest BCUT2D eigenvalue weighted by atomic mass is 9.99. The molecule has 0 aromatic carbocycles. The number of imidazole rings is 1. The van der Waals surface area contributed by atoms with Crippen LogP contribution in [0.15, 0.2) is 35.6 Å². The van der Waals surface area contributed by atoms with E-state index >= 15 is 0 Å². The number of carbonyl (C=O) groups excluding carboxylic acids is 1. The molecule has 1 atom stereocenters. The van der Waals surface area contributed by atoms with Gasteiger partial charge in [-0.15, -0.1) is 0 Å². The first-order chi connectivity index (χ1) is 12.1. The van der Waals surface area contributed by atoms with Crippen molar-refractivity contribution < 1.29 is 4.79 Å². The van der Waals surface area contributed by atoms with Crippen LogP contribution in [0.25, 0.3) is 5.78 Å². The number of amides is 1. The molecule has 0 radical (unpaired) electrons. The highest BCUT2D eigenvalue weighted by Gasteiger charge is 2.29. The van der Waals surface area contributed by atoms with Crippen LogP contribution in [-0.4, -0.2) is 41.5 Å². The number of nitrogens with one attached hydrogen (secondary N) is 1. The number of H-pyrrole nitrogens is 1. The van der Waals surface area contributed by atoms with E-state index in [0.29, 0.717) is 12.3 Å². The van der Waals surface area contributed by atoms with Crippen LogP contribution in [0.4, 0.5) is 0 Å². The molecule has 4 rings (SSSR count). The first-order valence-corrected chi connectivity index (χ1v) is 8.46. The van der Waals surface area contributed by atoms with Crippen LogP contribution in [-0.2, 0) is 11.3 Å². The fourth-order valence-electron chi connectivity index (χ4n) is 3.46. The summed E-state index contributed by atoms with van der Waals surface area (Å²) in [5.41, 5.74) is 1.63. The molecular weight excluding hydrogens is 320 g/mol. The second-order valence-electron chi connectivity index (χ2n) is 6.50. The summed E-state index contributed by atoms with van der Waals surface area (Å²) in [5, 5.41) is 4.19. The summed E-state index contributed by atoms with van der Waals surface area (Å²) < 4.78 is 3.12. The minimum absolute atomic E-state index is 0.0110. The number of hydrogen-bond acceptors (Lipinski definition) is 4. The summed E-state index contributed by atoms with van der Waals surface area (Å²) in [6.07, 6.45) is 9.63. The van der Waals surface area contributed by atoms with Crippen molar-refractivity contribution in [2.45, 2.75) is 38.8 Å². The predicted molar refractivity (Wildman–Crippen MR) is 91.1 cm³/mol. The maximum Gasteiger partial charge on any atom is 0.259 e. The highest BCUT2D eigenvalue weighted by Crippen LogP contribution is 2.29. The number of hydrogen-bond donors (Lipinski definition) is 1. The van der Waals surface area contributed by atoms with E-state index in [1.54, 1.807) is 29.3 Å². The molecule has 1 saturated heterocycles. The van der Waals surface area contributed by atoms with Gasteiger partial charge in [-0.2, -0.15) is 5.10 Å². The number of likely N-dealkylation sites (tertiary alicyclic amines) is 1. The molecule has 4 heterocycles. The molecule has 25 heavy (non-hydrogen) atoms. The van der Waals surface area contributed by atoms with Crippen molar-refractivity contribution in [1.82, 2.24) is 29.0 Å². The van der Waals surface area contributed by atoms with Crippen LogP contribution in [0.3, 0.4) is 0 Å². The van der Waals surface area contributed by atoms with Gasteiger partial charge in [-0.25, -0.2) is 4.98 Å². The molecule has 0 aliphatic carbocycles. The molecule has 8 nitrogen and oxygen atoms in total. The number of aromatic nitrogens is 5. The molecule has 1 amide bonds. The SMILES string of the molecule is Cc1cnn(CC(=O)N2CCCCC2c2cc(=O)n3ccnc3[nH]2)c1. The molecular formula is C17H20N6O2. The number of aryl methyl sites for hydroxylation is 1. The number of fused-ring (bicyclic) bond motifs is 1. The molecule has 1 aliphatic rings. The summed E-state index contributed by atoms with van der Waals surface area (Å²) >= 11 is 0. The Morgan fingerprint density at radius 1 is 1.40 bits per heavy atom. The lowest BCUT2D eigenvalue weighted by Crippen LogP contribution is -2.41. The predicted octanol–water partition coefficient (Wildman–Crippen LogP) is 1.28. The van der Waals surface area contributed by atoms with Crippen molar-refractivity contribution >= 4 is 11.7 Å². The molecule has 0 spiro atoms. The third-order valence-corrected chi connectivity index (χ3v) is 4.66. The molecule has 3 aromatic rings. The Balaban J connectivity index is 1.63. The number of nitrogens with zero attached hydrogens (tertiary/aromatic N) is 5. The van der Waals surface area contributed by atoms with Crippen molar-refractivity contribution in [2.24, 2.45) is 0 Å². The van der Waals surface area contributed by atoms with E-state index in [2.05, 4.69) is 15.1 Å². The molecule has 0 saturated carbocycles. The third kappa shape index (κ3) is 2.95. The Morgan fingerprint density at radius 2 is 2.28 bits per heavy atom. The fourth-order valence-corrected chi connectivity index (χ4v) is 3.46. The van der Waals surface area contributed by atoms with E-state index in [0.717, 1.165) is 30.5 Å². The van der Waals surface area contributed by atoms with Crippen LogP contribution in [0.5, 0.6) is 0 Å². The second-order valence-corrected chi connectivity index (χ2v) is 6.50. The molecule has 1 N–H and O–H groups in total. The zero-order valence-corrected chi connectivity index (χ0v) is 14.1. The van der Waals surface area contributed by atoms with Crippen LogP contribution in [0.1, 0.15) is 36.6 Å². The average molecular weight is 340 g/mol. The van der Waals surface area contributed by atoms with Crippen molar-refractivity contribution in [3.8, 4) is 0 Å². The van der Waals surface area contributed by atoms with Gasteiger partial charge in [0.05, 0.1) is 12.2 Å². The highest BCUT2D eigenvalue weighted by atomic mass is 16.2. The van der Waals surface area contributed by atoms with Gasteiger partial charge in [-0.3, -0.25) is 18.7 Å². The highest BCUT2D eigenvalue weighted by molar-refractivity contribution is 5.76. The first-order valence-electron chi connectivity index (χ1n) is 8.46. The van der Waals surface area contributed by atoms with Gasteiger partial charge in [-0.05, 0) is 31.7 Å². The lowest BCUT2D eigenvalue weighted by molar-refractivity contribution is -0.136. The summed E-state index contributed by atoms with van der Waals surface area (Å²) in [7, 11) is 0. The Kier molecular flexibility index (Phi) is 3.87. The van der Waals surface area contributed by atoms with Crippen molar-refractivity contribution in [2.75, 3.05) is 6.54 Å². The Bertz CT molecular complexity index is 969. The molecule has 1 fully saturated rings. The monoisotopic (exact) mass is 340 g/mol. The number of aromatic amines is 1. The van der Waals surface area contributed by atoms with E-state index in [1.807, 2.05) is 18.0 Å². The topological polar surface area (TPSA) is 88.3 Å². The van der Waals surface area contributed by atoms with Gasteiger partial charge in [0.2, 0.25) is 11.7 Å². The number of piperidine rings is 1. The van der Waals surface area contributed by atoms with Gasteiger partial charge in [0.25, 0.3) is 5.56 Å². The molecule has 3 aromatic heterocycles. The van der Waals surface area contributed by atoms with Gasteiger partial charge < -0.3 is 9.88 Å². The third-order valence-electron chi connectivity index (χ3n) is 4.66. The van der Waals surface area contributed by atoms with Gasteiger partial charge in [0.15, 0.2) is 0 Å². The van der Waals surface area contributed by atoms with E-state index in [-0.39, 0.29) is 24.1 Å². The van der Waals surface area contributed by atoms with Crippen LogP contribution >= 0.6 is 0 Å². The summed E-state index contributed by atoms with van der Waals surface area (Å²) in [6, 6.07) is 1.44. The van der Waals surface area contributed by atoms with Gasteiger partial charge in [0, 0.05) is 36.9 Å². The standard InChI is InChI=1S/C17H20N6O2/c1-12-9-19-21(10-12)11-16(25)22-6-3-2-4-14(22)13-8-15(24)23-7-5-18-17(23)20-13/h5,7-10,14H,2-4,6,11H2,1H3,(H,18,20). The van der Waals surface area contributed by atoms with Crippen molar-refractivity contribution in [1.29, 1.82) is 0 Å². The first kappa shape index (κ1) is 15.6. The fraction of sp³-hybridized carbons (Fsp3) is 0.412. The van der Waals surface area contributed by atoms with Gasteiger partial charge in [-0.1, -0.05) is 0 Å². The minimum Gasteiger partial charge on any atom is -0.333 e. The smallest absolute Gasteiger partial charge is 0.259 e. The zero-order valence-electron chi connectivity index (χ0n) is 14.1. The largest absolute Gasteiger partial charge is 0.333 e. The zero-order chi connectivity index (χ0) is 17.4. The molecule has 0 bridgehead atoms. The Hall–Kier alpha value is -2.90. The van der Waals surface area contributed by atoms with Gasteiger partial charge in [0.1, 0.15) is 6.54 Å². The maximum absolute atomic E-state index is 12.8. The van der Waals surface area contributed by atoms with Crippen LogP contribution in [0, 0.1) is 6.92 Å². The summed E-state index contributed by atoms with van der Waals surface area (Å²) in [6.45, 7) is 2.84. The molecule has 1 unspecified atom stereocenters. The van der Waals surface area contributed by atoms with Crippen LogP contribution < -0.4 is 5.56 Å². The van der Waals surface area contributed by atoms with E-state index in [9.17, 15) is 9.59 Å². The molecule has 130 valence electrons. The normalized spacial score (nSPS) is 18.0. The lowest BCUT2D eigenvalue weighted by Gasteiger charge is -2.35. The molecule has 1 aliphatic heterocycles. The molecule has 8 heteroatoms. The van der Waals surface area contributed by atoms with Crippen molar-refractivity contribution in [3.63, 3.8) is 0 Å². The number of rotatable bonds is 3. The summed E-state index contributed by atoms with van der Waals surface area (Å²) in [5.74, 6) is 0.514. The summed E-state index contributed by atoms with van der Waals surface area (Å²) in [4.78, 5) is 34.3. The average Bonchev–Trinajstić information content (AvgIpc) is 3.24. The number of carbonyl (C=O) groups is 1. The quantitative estimate of drug-likeness (QED) is 0.778. The second kappa shape index (κ2) is 6.19. The van der Waals surface area contributed by atoms with E-state index in [4.69, 9.17) is 0 Å². The van der Waals surface area contributed by atoms with Crippen molar-refractivity contribution in [3.05, 3.63) is 52.5 Å². The van der Waals surface area contributed by atoms with E-state index < -0.39 is 0 Å². The van der Waals surface area contributed by atoms with Crippen LogP contribution in [0.2, 0.25) is 0 Å². The van der Waals surface area contributed by atoms with E-state index in [1.165, 1.54) is 4.40 Å². The minimum atomic E-state index is -0.137. The van der Waals surface area contributed by atoms with Gasteiger partial charge >= 0.3 is 0 Å². The maximum atomic E-state index is 12.8. The Morgan fingerprint density at radius 3 is 3.08 bits per heavy atom. The Labute approximate surface area is 144 Å².